The molecule has 0 fully saturated rings. The summed E-state index contributed by atoms with van der Waals surface area (Å²) in [4.78, 5) is 26.4. The number of hydrogen-bond donors (Lipinski definition) is 0. The summed E-state index contributed by atoms with van der Waals surface area (Å²) in [6.07, 6.45) is 0.812. The minimum absolute atomic E-state index is 0.0850. The second kappa shape index (κ2) is 10.2. The van der Waals surface area contributed by atoms with Crippen molar-refractivity contribution in [3.05, 3.63) is 94.0 Å². The molecule has 0 saturated heterocycles. The second-order valence-electron chi connectivity index (χ2n) is 8.92. The first-order valence-electron chi connectivity index (χ1n) is 11.7. The van der Waals surface area contributed by atoms with Crippen molar-refractivity contribution in [2.24, 2.45) is 0 Å². The van der Waals surface area contributed by atoms with Crippen LogP contribution in [0.1, 0.15) is 53.1 Å². The zero-order valence-electron chi connectivity index (χ0n) is 20.3. The van der Waals surface area contributed by atoms with E-state index >= 15 is 0 Å². The van der Waals surface area contributed by atoms with Gasteiger partial charge in [0, 0.05) is 39.4 Å². The van der Waals surface area contributed by atoms with Crippen molar-refractivity contribution in [2.45, 2.75) is 46.6 Å². The Labute approximate surface area is 201 Å². The van der Waals surface area contributed by atoms with Gasteiger partial charge in [-0.3, -0.25) is 14.5 Å². The number of esters is 2. The van der Waals surface area contributed by atoms with Gasteiger partial charge in [0.2, 0.25) is 0 Å². The highest BCUT2D eigenvalue weighted by Gasteiger charge is 2.32. The van der Waals surface area contributed by atoms with E-state index in [1.165, 1.54) is 25.0 Å². The third kappa shape index (κ3) is 5.05. The molecule has 4 rings (SSSR count). The van der Waals surface area contributed by atoms with E-state index in [0.717, 1.165) is 48.3 Å². The lowest BCUT2D eigenvalue weighted by atomic mass is 9.82. The van der Waals surface area contributed by atoms with E-state index in [2.05, 4.69) is 53.4 Å². The van der Waals surface area contributed by atoms with Gasteiger partial charge in [-0.15, -0.1) is 0 Å². The van der Waals surface area contributed by atoms with Crippen LogP contribution < -0.4 is 9.47 Å². The van der Waals surface area contributed by atoms with E-state index < -0.39 is 11.9 Å². The first kappa shape index (κ1) is 23.7. The van der Waals surface area contributed by atoms with Crippen molar-refractivity contribution in [1.29, 1.82) is 0 Å². The quantitative estimate of drug-likeness (QED) is 0.382. The van der Waals surface area contributed by atoms with Crippen molar-refractivity contribution in [1.82, 2.24) is 4.90 Å². The van der Waals surface area contributed by atoms with Crippen LogP contribution in [0, 0.1) is 13.8 Å². The van der Waals surface area contributed by atoms with E-state index in [0.29, 0.717) is 11.5 Å². The van der Waals surface area contributed by atoms with E-state index in [1.54, 1.807) is 0 Å². The van der Waals surface area contributed by atoms with Gasteiger partial charge in [-0.05, 0) is 53.6 Å². The molecule has 0 aromatic heterocycles. The van der Waals surface area contributed by atoms with Crippen molar-refractivity contribution in [3.63, 3.8) is 0 Å². The average Bonchev–Trinajstić information content (AvgIpc) is 3.01. The molecular weight excluding hydrogens is 426 g/mol. The third-order valence-electron chi connectivity index (χ3n) is 6.48. The number of rotatable bonds is 5. The zero-order valence-corrected chi connectivity index (χ0v) is 20.3. The summed E-state index contributed by atoms with van der Waals surface area (Å²) in [5.74, 6) is -0.0957. The lowest BCUT2D eigenvalue weighted by molar-refractivity contribution is -0.134. The highest BCUT2D eigenvalue weighted by Crippen LogP contribution is 2.45. The Balaban J connectivity index is 1.87. The Bertz CT molecular complexity index is 1190. The van der Waals surface area contributed by atoms with Gasteiger partial charge in [-0.25, -0.2) is 0 Å². The molecule has 3 aromatic carbocycles. The molecule has 0 aliphatic carbocycles. The van der Waals surface area contributed by atoms with E-state index in [9.17, 15) is 9.59 Å². The molecule has 5 nitrogen and oxygen atoms in total. The fourth-order valence-corrected chi connectivity index (χ4v) is 5.01. The molecule has 3 aromatic rings. The van der Waals surface area contributed by atoms with Gasteiger partial charge in [0.15, 0.2) is 11.5 Å². The molecule has 1 aliphatic heterocycles. The normalized spacial score (nSPS) is 15.8. The van der Waals surface area contributed by atoms with Crippen LogP contribution in [0.25, 0.3) is 0 Å². The molecule has 1 aliphatic rings. The lowest BCUT2D eigenvalue weighted by Gasteiger charge is -2.28. The molecule has 1 heterocycles. The maximum atomic E-state index is 12.0. The average molecular weight is 458 g/mol. The Morgan fingerprint density at radius 2 is 1.41 bits per heavy atom. The van der Waals surface area contributed by atoms with Gasteiger partial charge in [0.1, 0.15) is 0 Å². The minimum atomic E-state index is -0.438. The molecule has 5 heteroatoms. The molecular formula is C29H31NO4. The Hall–Kier alpha value is -3.44. The predicted octanol–water partition coefficient (Wildman–Crippen LogP) is 5.34. The highest BCUT2D eigenvalue weighted by molar-refractivity contribution is 5.77. The summed E-state index contributed by atoms with van der Waals surface area (Å²) in [7, 11) is 0. The Morgan fingerprint density at radius 3 is 2.00 bits per heavy atom. The van der Waals surface area contributed by atoms with Crippen molar-refractivity contribution >= 4 is 11.9 Å². The van der Waals surface area contributed by atoms with Gasteiger partial charge >= 0.3 is 11.9 Å². The lowest BCUT2D eigenvalue weighted by Crippen LogP contribution is -2.28. The van der Waals surface area contributed by atoms with Crippen LogP contribution in [0.2, 0.25) is 0 Å². The van der Waals surface area contributed by atoms with Crippen LogP contribution >= 0.6 is 0 Å². The summed E-state index contributed by atoms with van der Waals surface area (Å²) in [5.41, 5.74) is 6.51. The molecule has 176 valence electrons. The summed E-state index contributed by atoms with van der Waals surface area (Å²) in [6, 6.07) is 20.9. The predicted molar refractivity (Wildman–Crippen MR) is 132 cm³/mol. The molecule has 1 atom stereocenters. The monoisotopic (exact) mass is 457 g/mol. The van der Waals surface area contributed by atoms with Crippen LogP contribution in [0.4, 0.5) is 0 Å². The standard InChI is InChI=1S/C29H31NO4/c1-19-25-15-16-30(17-23-11-7-5-8-12-23)18-26(24-13-9-6-10-14-24)27(25)20(2)29(34-22(4)32)28(19)33-21(3)31/h5-14,26H,15-18H2,1-4H3. The molecule has 0 amide bonds. The second-order valence-corrected chi connectivity index (χ2v) is 8.92. The van der Waals surface area contributed by atoms with Crippen LogP contribution in [-0.2, 0) is 22.6 Å². The number of hydrogen-bond acceptors (Lipinski definition) is 5. The third-order valence-corrected chi connectivity index (χ3v) is 6.48. The van der Waals surface area contributed by atoms with Crippen molar-refractivity contribution in [3.8, 4) is 11.5 Å². The molecule has 0 saturated carbocycles. The topological polar surface area (TPSA) is 55.8 Å². The van der Waals surface area contributed by atoms with Crippen molar-refractivity contribution in [2.75, 3.05) is 13.1 Å². The van der Waals surface area contributed by atoms with Crippen LogP contribution in [-0.4, -0.2) is 29.9 Å². The Kier molecular flexibility index (Phi) is 7.13. The van der Waals surface area contributed by atoms with Gasteiger partial charge < -0.3 is 9.47 Å². The summed E-state index contributed by atoms with van der Waals surface area (Å²) in [6.45, 7) is 9.21. The molecule has 0 spiro atoms. The summed E-state index contributed by atoms with van der Waals surface area (Å²) >= 11 is 0. The van der Waals surface area contributed by atoms with E-state index in [1.807, 2.05) is 26.0 Å². The van der Waals surface area contributed by atoms with E-state index in [4.69, 9.17) is 9.47 Å². The highest BCUT2D eigenvalue weighted by atomic mass is 16.6. The molecule has 0 N–H and O–H groups in total. The molecule has 34 heavy (non-hydrogen) atoms. The van der Waals surface area contributed by atoms with E-state index in [-0.39, 0.29) is 5.92 Å². The van der Waals surface area contributed by atoms with Gasteiger partial charge in [0.05, 0.1) is 0 Å². The molecule has 0 bridgehead atoms. The number of nitrogens with zero attached hydrogens (tertiary/aromatic N) is 1. The number of benzene rings is 3. The molecule has 1 unspecified atom stereocenters. The van der Waals surface area contributed by atoms with Gasteiger partial charge in [-0.2, -0.15) is 0 Å². The Morgan fingerprint density at radius 1 is 0.853 bits per heavy atom. The number of carbonyl (C=O) groups excluding carboxylic acids is 2. The number of ether oxygens (including phenoxy) is 2. The first-order valence-corrected chi connectivity index (χ1v) is 11.7. The van der Waals surface area contributed by atoms with Gasteiger partial charge in [0.25, 0.3) is 0 Å². The minimum Gasteiger partial charge on any atom is -0.422 e. The maximum Gasteiger partial charge on any atom is 0.308 e. The molecule has 0 radical (unpaired) electrons. The SMILES string of the molecule is CC(=O)Oc1c(C)c2c(c(C)c1OC(C)=O)C(c1ccccc1)CN(Cc1ccccc1)CC2. The van der Waals surface area contributed by atoms with Crippen molar-refractivity contribution < 1.29 is 19.1 Å². The number of carbonyl (C=O) groups is 2. The van der Waals surface area contributed by atoms with Crippen LogP contribution in [0.5, 0.6) is 11.5 Å². The number of fused-ring (bicyclic) bond motifs is 1. The smallest absolute Gasteiger partial charge is 0.308 e. The summed E-state index contributed by atoms with van der Waals surface area (Å²) < 4.78 is 11.2. The summed E-state index contributed by atoms with van der Waals surface area (Å²) in [5, 5.41) is 0. The fraction of sp³-hybridized carbons (Fsp3) is 0.310. The van der Waals surface area contributed by atoms with Crippen LogP contribution in [0.3, 0.4) is 0 Å². The zero-order chi connectivity index (χ0) is 24.2. The fourth-order valence-electron chi connectivity index (χ4n) is 5.01. The largest absolute Gasteiger partial charge is 0.422 e. The maximum absolute atomic E-state index is 12.0. The first-order chi connectivity index (χ1) is 16.3. The van der Waals surface area contributed by atoms with Crippen LogP contribution in [0.15, 0.2) is 60.7 Å². The van der Waals surface area contributed by atoms with Gasteiger partial charge in [-0.1, -0.05) is 60.7 Å².